The number of aliphatic hydroxyl groups is 1. The minimum atomic E-state index is -4.28. The summed E-state index contributed by atoms with van der Waals surface area (Å²) in [6.45, 7) is 8.83. The van der Waals surface area contributed by atoms with Crippen LogP contribution in [0.1, 0.15) is 64.5 Å². The van der Waals surface area contributed by atoms with Crippen LogP contribution in [0.15, 0.2) is 6.33 Å². The fraction of sp³-hybridized carbons (Fsp3) is 0.667. The molecular formula is C18H30N5O6P. The lowest BCUT2D eigenvalue weighted by Crippen LogP contribution is -2.44. The van der Waals surface area contributed by atoms with Gasteiger partial charge >= 0.3 is 13.6 Å². The predicted octanol–water partition coefficient (Wildman–Crippen LogP) is 1.81. The molecule has 0 aliphatic rings. The number of nitrogen functional groups attached to an aromatic ring is 1. The van der Waals surface area contributed by atoms with E-state index >= 15 is 0 Å². The summed E-state index contributed by atoms with van der Waals surface area (Å²) >= 11 is 0. The first kappa shape index (κ1) is 24.2. The predicted molar refractivity (Wildman–Crippen MR) is 111 cm³/mol. The molecule has 2 rings (SSSR count). The summed E-state index contributed by atoms with van der Waals surface area (Å²) in [5.41, 5.74) is 4.78. The van der Waals surface area contributed by atoms with Crippen LogP contribution in [0.25, 0.3) is 11.2 Å². The van der Waals surface area contributed by atoms with Crippen molar-refractivity contribution in [1.29, 1.82) is 0 Å². The number of hydrogen-bond donors (Lipinski definition) is 4. The van der Waals surface area contributed by atoms with Gasteiger partial charge in [-0.2, -0.15) is 0 Å². The molecule has 2 heterocycles. The van der Waals surface area contributed by atoms with Crippen molar-refractivity contribution in [3.8, 4) is 0 Å². The molecule has 0 saturated carbocycles. The van der Waals surface area contributed by atoms with E-state index in [1.54, 1.807) is 25.3 Å². The molecule has 0 aliphatic carbocycles. The summed E-state index contributed by atoms with van der Waals surface area (Å²) in [5.74, 6) is -0.989. The number of nitrogens with two attached hydrogens (primary N) is 1. The normalized spacial score (nSPS) is 14.1. The van der Waals surface area contributed by atoms with Crippen molar-refractivity contribution in [2.75, 3.05) is 11.9 Å². The molecule has 0 radical (unpaired) electrons. The van der Waals surface area contributed by atoms with Gasteiger partial charge in [-0.3, -0.25) is 4.57 Å². The first-order valence-electron chi connectivity index (χ1n) is 9.71. The third-order valence-electron chi connectivity index (χ3n) is 5.02. The third kappa shape index (κ3) is 5.15. The van der Waals surface area contributed by atoms with E-state index in [1.807, 2.05) is 13.8 Å². The van der Waals surface area contributed by atoms with Crippen molar-refractivity contribution < 1.29 is 29.0 Å². The Morgan fingerprint density at radius 3 is 2.37 bits per heavy atom. The van der Waals surface area contributed by atoms with Gasteiger partial charge in [0, 0.05) is 0 Å². The molecule has 0 amide bonds. The van der Waals surface area contributed by atoms with Gasteiger partial charge in [0.05, 0.1) is 24.1 Å². The lowest BCUT2D eigenvalue weighted by molar-refractivity contribution is 0.00555. The highest BCUT2D eigenvalue weighted by Crippen LogP contribution is 2.40. The number of nitrogens with zero attached hydrogens (tertiary/aromatic N) is 4. The SMILES string of the molecule is CCC(CC)([C@@H](O)CCP(=O)(O)O)n1cnc2c(N)nc(C(=O)OC(C)(C)C)nc21. The quantitative estimate of drug-likeness (QED) is 0.348. The Morgan fingerprint density at radius 1 is 1.27 bits per heavy atom. The van der Waals surface area contributed by atoms with Crippen molar-refractivity contribution in [2.24, 2.45) is 0 Å². The lowest BCUT2D eigenvalue weighted by Gasteiger charge is -2.38. The van der Waals surface area contributed by atoms with Crippen LogP contribution in [0.5, 0.6) is 0 Å². The minimum Gasteiger partial charge on any atom is -0.454 e. The fourth-order valence-electron chi connectivity index (χ4n) is 3.44. The molecule has 0 spiro atoms. The van der Waals surface area contributed by atoms with Crippen molar-refractivity contribution in [2.45, 2.75) is 71.1 Å². The first-order chi connectivity index (χ1) is 13.7. The van der Waals surface area contributed by atoms with Gasteiger partial charge in [-0.05, 0) is 40.0 Å². The van der Waals surface area contributed by atoms with Crippen molar-refractivity contribution >= 4 is 30.5 Å². The van der Waals surface area contributed by atoms with Crippen LogP contribution in [-0.2, 0) is 14.8 Å². The Labute approximate surface area is 174 Å². The second-order valence-electron chi connectivity index (χ2n) is 8.22. The Kier molecular flexibility index (Phi) is 6.92. The number of hydrogen-bond acceptors (Lipinski definition) is 8. The summed E-state index contributed by atoms with van der Waals surface area (Å²) in [7, 11) is -4.28. The van der Waals surface area contributed by atoms with E-state index in [9.17, 15) is 24.3 Å². The number of anilines is 1. The molecule has 5 N–H and O–H groups in total. The van der Waals surface area contributed by atoms with Gasteiger partial charge in [0.25, 0.3) is 0 Å². The molecule has 0 fully saturated rings. The van der Waals surface area contributed by atoms with Gasteiger partial charge in [-0.25, -0.2) is 19.7 Å². The van der Waals surface area contributed by atoms with Crippen molar-refractivity contribution in [1.82, 2.24) is 19.5 Å². The second kappa shape index (κ2) is 8.58. The molecule has 0 bridgehead atoms. The monoisotopic (exact) mass is 443 g/mol. The van der Waals surface area contributed by atoms with Crippen LogP contribution in [0.3, 0.4) is 0 Å². The number of fused-ring (bicyclic) bond motifs is 1. The standard InChI is InChI=1S/C18H30N5O6P/c1-6-18(7-2,11(24)8-9-30(26,27)28)23-10-20-12-13(19)21-14(22-15(12)23)16(25)29-17(3,4)5/h10-11,24H,6-9H2,1-5H3,(H2,19,21,22)(H2,26,27,28)/t11-/m0/s1. The zero-order valence-electron chi connectivity index (χ0n) is 17.9. The molecule has 2 aromatic heterocycles. The van der Waals surface area contributed by atoms with Crippen LogP contribution in [0.4, 0.5) is 5.82 Å². The number of ether oxygens (including phenoxy) is 1. The van der Waals surface area contributed by atoms with E-state index in [4.69, 9.17) is 10.5 Å². The minimum absolute atomic E-state index is 0.00887. The average Bonchev–Trinajstić information content (AvgIpc) is 3.04. The maximum Gasteiger partial charge on any atom is 0.377 e. The van der Waals surface area contributed by atoms with Crippen LogP contribution in [0, 0.1) is 0 Å². The van der Waals surface area contributed by atoms with Gasteiger partial charge in [0.1, 0.15) is 11.1 Å². The van der Waals surface area contributed by atoms with Gasteiger partial charge in [0.15, 0.2) is 11.5 Å². The van der Waals surface area contributed by atoms with Crippen molar-refractivity contribution in [3.63, 3.8) is 0 Å². The average molecular weight is 443 g/mol. The molecule has 0 saturated heterocycles. The summed E-state index contributed by atoms with van der Waals surface area (Å²) in [6, 6.07) is 0. The number of esters is 1. The summed E-state index contributed by atoms with van der Waals surface area (Å²) < 4.78 is 18.2. The highest BCUT2D eigenvalue weighted by molar-refractivity contribution is 7.51. The molecule has 0 aromatic carbocycles. The molecule has 11 nitrogen and oxygen atoms in total. The number of imidazole rings is 1. The Morgan fingerprint density at radius 2 is 1.87 bits per heavy atom. The molecule has 1 atom stereocenters. The van der Waals surface area contributed by atoms with E-state index in [1.165, 1.54) is 6.33 Å². The first-order valence-corrected chi connectivity index (χ1v) is 11.5. The van der Waals surface area contributed by atoms with Gasteiger partial charge < -0.3 is 29.9 Å². The van der Waals surface area contributed by atoms with Gasteiger partial charge in [-0.1, -0.05) is 13.8 Å². The van der Waals surface area contributed by atoms with Crippen LogP contribution in [0.2, 0.25) is 0 Å². The molecule has 0 unspecified atom stereocenters. The zero-order valence-corrected chi connectivity index (χ0v) is 18.8. The largest absolute Gasteiger partial charge is 0.454 e. The zero-order chi connectivity index (χ0) is 22.9. The van der Waals surface area contributed by atoms with Crippen LogP contribution < -0.4 is 5.73 Å². The smallest absolute Gasteiger partial charge is 0.377 e. The maximum absolute atomic E-state index is 12.5. The number of carbonyl (C=O) groups excluding carboxylic acids is 1. The summed E-state index contributed by atoms with van der Waals surface area (Å²) in [5, 5.41) is 10.9. The molecule has 168 valence electrons. The second-order valence-corrected chi connectivity index (χ2v) is 10.0. The molecule has 2 aromatic rings. The summed E-state index contributed by atoms with van der Waals surface area (Å²) in [4.78, 5) is 43.4. The van der Waals surface area contributed by atoms with E-state index in [0.29, 0.717) is 12.8 Å². The highest BCUT2D eigenvalue weighted by Gasteiger charge is 2.39. The van der Waals surface area contributed by atoms with Crippen molar-refractivity contribution in [3.05, 3.63) is 12.2 Å². The summed E-state index contributed by atoms with van der Waals surface area (Å²) in [6.07, 6.45) is 0.612. The topological polar surface area (TPSA) is 174 Å². The van der Waals surface area contributed by atoms with Gasteiger partial charge in [-0.15, -0.1) is 0 Å². The number of aliphatic hydroxyl groups excluding tert-OH is 1. The number of aromatic nitrogens is 4. The molecular weight excluding hydrogens is 413 g/mol. The highest BCUT2D eigenvalue weighted by atomic mass is 31.2. The van der Waals surface area contributed by atoms with Gasteiger partial charge in [0.2, 0.25) is 5.82 Å². The maximum atomic E-state index is 12.5. The fourth-order valence-corrected chi connectivity index (χ4v) is 4.03. The van der Waals surface area contributed by atoms with E-state index in [0.717, 1.165) is 0 Å². The molecule has 0 aliphatic heterocycles. The third-order valence-corrected chi connectivity index (χ3v) is 5.86. The Bertz CT molecular complexity index is 960. The lowest BCUT2D eigenvalue weighted by atomic mass is 9.84. The number of carbonyl (C=O) groups is 1. The van der Waals surface area contributed by atoms with E-state index in [2.05, 4.69) is 15.0 Å². The number of rotatable bonds is 8. The van der Waals surface area contributed by atoms with Crippen LogP contribution in [-0.4, -0.2) is 58.2 Å². The Balaban J connectivity index is 2.57. The van der Waals surface area contributed by atoms with Crippen LogP contribution >= 0.6 is 7.60 Å². The Hall–Kier alpha value is -2.07. The molecule has 12 heteroatoms. The molecule has 30 heavy (non-hydrogen) atoms. The van der Waals surface area contributed by atoms with E-state index in [-0.39, 0.29) is 29.2 Å². The van der Waals surface area contributed by atoms with E-state index < -0.39 is 37.0 Å².